The summed E-state index contributed by atoms with van der Waals surface area (Å²) in [6.45, 7) is 2.45. The summed E-state index contributed by atoms with van der Waals surface area (Å²) in [6.07, 6.45) is 3.17. The lowest BCUT2D eigenvalue weighted by molar-refractivity contribution is -0.423. The van der Waals surface area contributed by atoms with Crippen molar-refractivity contribution < 1.29 is 9.66 Å². The first-order valence-electron chi connectivity index (χ1n) is 6.17. The maximum Gasteiger partial charge on any atom is 0.349 e. The highest BCUT2D eigenvalue weighted by atomic mass is 35.5. The van der Waals surface area contributed by atoms with Gasteiger partial charge in [0.15, 0.2) is 5.03 Å². The second-order valence-corrected chi connectivity index (χ2v) is 5.10. The van der Waals surface area contributed by atoms with Crippen molar-refractivity contribution >= 4 is 23.2 Å². The van der Waals surface area contributed by atoms with Gasteiger partial charge in [0.1, 0.15) is 11.8 Å². The summed E-state index contributed by atoms with van der Waals surface area (Å²) in [6, 6.07) is 0. The third-order valence-electron chi connectivity index (χ3n) is 3.05. The highest BCUT2D eigenvalue weighted by Crippen LogP contribution is 2.29. The van der Waals surface area contributed by atoms with Crippen LogP contribution in [0.1, 0.15) is 19.3 Å². The third-order valence-corrected chi connectivity index (χ3v) is 3.94. The van der Waals surface area contributed by atoms with E-state index in [9.17, 15) is 10.1 Å². The Hall–Kier alpha value is -1.14. The number of allylic oxidation sites excluding steroid dienone is 1. The standard InChI is InChI=1S/C11H15Cl2N3O3/c12-8(10(13)15-5-2-1-3-6-15)9(16(17)18)11-14-4-7-19-11/h14H,1-7H2/b10-8+,11-9-. The van der Waals surface area contributed by atoms with Crippen LogP contribution in [0, 0.1) is 10.1 Å². The minimum absolute atomic E-state index is 0.0713. The molecule has 0 atom stereocenters. The normalized spacial score (nSPS) is 23.4. The predicted octanol–water partition coefficient (Wildman–Crippen LogP) is 2.18. The summed E-state index contributed by atoms with van der Waals surface area (Å²) in [7, 11) is 0. The predicted molar refractivity (Wildman–Crippen MR) is 72.1 cm³/mol. The fourth-order valence-electron chi connectivity index (χ4n) is 2.11. The Balaban J connectivity index is 2.29. The summed E-state index contributed by atoms with van der Waals surface area (Å²) in [4.78, 5) is 12.4. The van der Waals surface area contributed by atoms with Crippen molar-refractivity contribution in [3.05, 3.63) is 31.9 Å². The zero-order valence-electron chi connectivity index (χ0n) is 10.3. The molecule has 106 valence electrons. The van der Waals surface area contributed by atoms with Crippen molar-refractivity contribution in [2.75, 3.05) is 26.2 Å². The van der Waals surface area contributed by atoms with E-state index in [0.717, 1.165) is 32.4 Å². The van der Waals surface area contributed by atoms with E-state index in [1.165, 1.54) is 0 Å². The zero-order chi connectivity index (χ0) is 13.8. The number of halogens is 2. The molecule has 2 rings (SSSR count). The average Bonchev–Trinajstić information content (AvgIpc) is 2.92. The van der Waals surface area contributed by atoms with Crippen LogP contribution >= 0.6 is 23.2 Å². The lowest BCUT2D eigenvalue weighted by Gasteiger charge is -2.28. The van der Waals surface area contributed by atoms with Gasteiger partial charge in [0.2, 0.25) is 0 Å². The Labute approximate surface area is 121 Å². The lowest BCUT2D eigenvalue weighted by Crippen LogP contribution is -2.28. The van der Waals surface area contributed by atoms with Crippen molar-refractivity contribution in [2.45, 2.75) is 19.3 Å². The molecule has 8 heteroatoms. The summed E-state index contributed by atoms with van der Waals surface area (Å²) < 4.78 is 5.17. The monoisotopic (exact) mass is 307 g/mol. The van der Waals surface area contributed by atoms with Crippen molar-refractivity contribution in [2.24, 2.45) is 0 Å². The quantitative estimate of drug-likeness (QED) is 0.492. The summed E-state index contributed by atoms with van der Waals surface area (Å²) in [5.74, 6) is 0.0881. The number of piperidine rings is 1. The SMILES string of the molecule is O=[N+]([O-])C(=C1/NCCO1)/C(Cl)=C(/Cl)N1CCCCC1. The molecule has 6 nitrogen and oxygen atoms in total. The van der Waals surface area contributed by atoms with Gasteiger partial charge in [0, 0.05) is 13.1 Å². The van der Waals surface area contributed by atoms with Crippen LogP contribution in [0.25, 0.3) is 0 Å². The summed E-state index contributed by atoms with van der Waals surface area (Å²) >= 11 is 12.3. The average molecular weight is 308 g/mol. The van der Waals surface area contributed by atoms with Crippen molar-refractivity contribution in [3.63, 3.8) is 0 Å². The van der Waals surface area contributed by atoms with Gasteiger partial charge in [-0.05, 0) is 19.3 Å². The molecule has 0 radical (unpaired) electrons. The molecule has 1 N–H and O–H groups in total. The van der Waals surface area contributed by atoms with E-state index >= 15 is 0 Å². The first-order chi connectivity index (χ1) is 9.11. The zero-order valence-corrected chi connectivity index (χ0v) is 11.8. The first kappa shape index (κ1) is 14.3. The second-order valence-electron chi connectivity index (χ2n) is 4.36. The van der Waals surface area contributed by atoms with Crippen LogP contribution in [0.15, 0.2) is 21.8 Å². The van der Waals surface area contributed by atoms with Crippen LogP contribution < -0.4 is 5.32 Å². The van der Waals surface area contributed by atoms with Gasteiger partial charge in [-0.2, -0.15) is 0 Å². The number of nitro groups is 1. The molecule has 0 amide bonds. The molecule has 0 aromatic rings. The number of hydrogen-bond donors (Lipinski definition) is 1. The van der Waals surface area contributed by atoms with E-state index in [1.54, 1.807) is 0 Å². The lowest BCUT2D eigenvalue weighted by atomic mass is 10.1. The topological polar surface area (TPSA) is 67.6 Å². The van der Waals surface area contributed by atoms with Crippen LogP contribution in [-0.4, -0.2) is 36.1 Å². The molecular weight excluding hydrogens is 293 g/mol. The summed E-state index contributed by atoms with van der Waals surface area (Å²) in [5, 5.41) is 14.1. The van der Waals surface area contributed by atoms with Crippen molar-refractivity contribution in [1.82, 2.24) is 10.2 Å². The molecule has 2 saturated heterocycles. The largest absolute Gasteiger partial charge is 0.472 e. The molecule has 19 heavy (non-hydrogen) atoms. The number of hydrogen-bond acceptors (Lipinski definition) is 5. The first-order valence-corrected chi connectivity index (χ1v) is 6.93. The molecule has 2 aliphatic heterocycles. The summed E-state index contributed by atoms with van der Waals surface area (Å²) in [5.41, 5.74) is -0.297. The van der Waals surface area contributed by atoms with Crippen LogP contribution in [0.3, 0.4) is 0 Å². The van der Waals surface area contributed by atoms with E-state index < -0.39 is 4.92 Å². The van der Waals surface area contributed by atoms with Crippen molar-refractivity contribution in [3.8, 4) is 0 Å². The van der Waals surface area contributed by atoms with Gasteiger partial charge in [0.05, 0.1) is 11.5 Å². The number of nitrogens with one attached hydrogen (secondary N) is 1. The highest BCUT2D eigenvalue weighted by Gasteiger charge is 2.31. The van der Waals surface area contributed by atoms with E-state index in [1.807, 2.05) is 4.90 Å². The Kier molecular flexibility index (Phi) is 4.76. The van der Waals surface area contributed by atoms with Crippen LogP contribution in [0.2, 0.25) is 0 Å². The molecule has 0 spiro atoms. The third kappa shape index (κ3) is 3.25. The van der Waals surface area contributed by atoms with Gasteiger partial charge >= 0.3 is 5.70 Å². The Morgan fingerprint density at radius 1 is 1.32 bits per heavy atom. The second kappa shape index (κ2) is 6.34. The maximum atomic E-state index is 11.1. The van der Waals surface area contributed by atoms with Gasteiger partial charge < -0.3 is 15.0 Å². The van der Waals surface area contributed by atoms with E-state index in [0.29, 0.717) is 13.2 Å². The molecule has 0 bridgehead atoms. The van der Waals surface area contributed by atoms with E-state index in [-0.39, 0.29) is 21.8 Å². The molecule has 2 fully saturated rings. The Morgan fingerprint density at radius 2 is 2.00 bits per heavy atom. The minimum Gasteiger partial charge on any atom is -0.472 e. The van der Waals surface area contributed by atoms with Gasteiger partial charge in [-0.15, -0.1) is 0 Å². The van der Waals surface area contributed by atoms with Gasteiger partial charge in [-0.25, -0.2) is 0 Å². The molecule has 0 aliphatic carbocycles. The van der Waals surface area contributed by atoms with E-state index in [2.05, 4.69) is 5.32 Å². The number of likely N-dealkylation sites (tertiary alicyclic amines) is 1. The van der Waals surface area contributed by atoms with Gasteiger partial charge in [0.25, 0.3) is 5.88 Å². The maximum absolute atomic E-state index is 11.1. The molecular formula is C11H15Cl2N3O3. The van der Waals surface area contributed by atoms with Crippen LogP contribution in [-0.2, 0) is 4.74 Å². The molecule has 0 aromatic heterocycles. The molecule has 2 heterocycles. The van der Waals surface area contributed by atoms with Crippen molar-refractivity contribution in [1.29, 1.82) is 0 Å². The van der Waals surface area contributed by atoms with Crippen LogP contribution in [0.5, 0.6) is 0 Å². The minimum atomic E-state index is -0.567. The number of ether oxygens (including phenoxy) is 1. The molecule has 0 saturated carbocycles. The van der Waals surface area contributed by atoms with Gasteiger partial charge in [-0.3, -0.25) is 10.1 Å². The number of rotatable bonds is 3. The van der Waals surface area contributed by atoms with Crippen LogP contribution in [0.4, 0.5) is 0 Å². The number of nitrogens with zero attached hydrogens (tertiary/aromatic N) is 2. The van der Waals surface area contributed by atoms with E-state index in [4.69, 9.17) is 27.9 Å². The fraction of sp³-hybridized carbons (Fsp3) is 0.636. The Morgan fingerprint density at radius 3 is 2.53 bits per heavy atom. The molecule has 0 unspecified atom stereocenters. The fourth-order valence-corrected chi connectivity index (χ4v) is 2.64. The smallest absolute Gasteiger partial charge is 0.349 e. The Bertz CT molecular complexity index is 423. The highest BCUT2D eigenvalue weighted by molar-refractivity contribution is 6.40. The van der Waals surface area contributed by atoms with Gasteiger partial charge in [-0.1, -0.05) is 23.2 Å². The molecule has 2 aliphatic rings. The molecule has 0 aromatic carbocycles.